The highest BCUT2D eigenvalue weighted by Gasteiger charge is 2.53. The Labute approximate surface area is 268 Å². The molecular formula is C33H34O14. The zero-order chi connectivity index (χ0) is 34.0. The Balaban J connectivity index is 1.56. The van der Waals surface area contributed by atoms with Gasteiger partial charge < -0.3 is 42.3 Å². The van der Waals surface area contributed by atoms with Gasteiger partial charge in [0.05, 0.1) is 10.9 Å². The van der Waals surface area contributed by atoms with E-state index in [1.54, 1.807) is 31.2 Å². The number of esters is 4. The summed E-state index contributed by atoms with van der Waals surface area (Å²) in [5.41, 5.74) is 1.44. The Morgan fingerprint density at radius 3 is 2.15 bits per heavy atom. The summed E-state index contributed by atoms with van der Waals surface area (Å²) in [7, 11) is 0. The highest BCUT2D eigenvalue weighted by molar-refractivity contribution is 5.85. The summed E-state index contributed by atoms with van der Waals surface area (Å²) in [6.45, 7) is 7.76. The standard InChI is InChI=1S/C33H34O14/c1-7-20-10-22-25(42-15(2)28(29(22)38)21-8-9-23-26(11-21)41-14-40-23)12-24(20)46-33-32(45-19(6)37)31(44-18(5)36)30(43-17(4)35)27(47-33)13-39-16(3)34/h8-12,27,30-33H,7,13-14H2,1-6H3/t27-,30+,31-,32-,33-/m1/s1. The topological polar surface area (TPSA) is 172 Å². The Morgan fingerprint density at radius 2 is 1.49 bits per heavy atom. The minimum atomic E-state index is -1.46. The van der Waals surface area contributed by atoms with Crippen LogP contribution >= 0.6 is 0 Å². The van der Waals surface area contributed by atoms with Crippen molar-refractivity contribution in [1.29, 1.82) is 0 Å². The Bertz CT molecular complexity index is 1780. The van der Waals surface area contributed by atoms with Gasteiger partial charge in [-0.3, -0.25) is 24.0 Å². The average molecular weight is 655 g/mol. The number of benzene rings is 2. The van der Waals surface area contributed by atoms with Crippen LogP contribution in [0.4, 0.5) is 0 Å². The van der Waals surface area contributed by atoms with Crippen LogP contribution in [0.15, 0.2) is 39.5 Å². The van der Waals surface area contributed by atoms with E-state index in [1.807, 2.05) is 6.92 Å². The van der Waals surface area contributed by atoms with E-state index in [9.17, 15) is 24.0 Å². The first kappa shape index (κ1) is 33.3. The van der Waals surface area contributed by atoms with Crippen LogP contribution in [0.1, 0.15) is 45.9 Å². The Hall–Kier alpha value is -5.11. The number of aryl methyl sites for hydroxylation is 2. The third-order valence-electron chi connectivity index (χ3n) is 7.48. The molecule has 0 saturated carbocycles. The van der Waals surface area contributed by atoms with Crippen molar-refractivity contribution in [1.82, 2.24) is 0 Å². The largest absolute Gasteiger partial charge is 0.463 e. The number of fused-ring (bicyclic) bond motifs is 2. The zero-order valence-corrected chi connectivity index (χ0v) is 26.6. The summed E-state index contributed by atoms with van der Waals surface area (Å²) in [6, 6.07) is 8.35. The average Bonchev–Trinajstić information content (AvgIpc) is 3.46. The molecule has 0 spiro atoms. The zero-order valence-electron chi connectivity index (χ0n) is 26.6. The first-order valence-electron chi connectivity index (χ1n) is 14.8. The van der Waals surface area contributed by atoms with E-state index >= 15 is 0 Å². The minimum Gasteiger partial charge on any atom is -0.463 e. The smallest absolute Gasteiger partial charge is 0.303 e. The fourth-order valence-corrected chi connectivity index (χ4v) is 5.56. The van der Waals surface area contributed by atoms with Crippen molar-refractivity contribution in [2.75, 3.05) is 13.4 Å². The van der Waals surface area contributed by atoms with Crippen LogP contribution < -0.4 is 19.6 Å². The van der Waals surface area contributed by atoms with Gasteiger partial charge in [-0.1, -0.05) is 13.0 Å². The Morgan fingerprint density at radius 1 is 0.830 bits per heavy atom. The van der Waals surface area contributed by atoms with Crippen molar-refractivity contribution >= 4 is 34.8 Å². The molecule has 0 N–H and O–H groups in total. The second-order valence-electron chi connectivity index (χ2n) is 10.9. The number of carbonyl (C=O) groups excluding carboxylic acids is 4. The molecular weight excluding hydrogens is 620 g/mol. The number of rotatable bonds is 9. The lowest BCUT2D eigenvalue weighted by atomic mass is 9.97. The number of hydrogen-bond donors (Lipinski definition) is 0. The molecule has 1 saturated heterocycles. The lowest BCUT2D eigenvalue weighted by molar-refractivity contribution is -0.288. The van der Waals surface area contributed by atoms with E-state index in [-0.39, 0.29) is 28.9 Å². The van der Waals surface area contributed by atoms with Crippen LogP contribution in [0.5, 0.6) is 17.2 Å². The highest BCUT2D eigenvalue weighted by Crippen LogP contribution is 2.38. The fourth-order valence-electron chi connectivity index (χ4n) is 5.56. The first-order valence-corrected chi connectivity index (χ1v) is 14.8. The van der Waals surface area contributed by atoms with Crippen molar-refractivity contribution < 1.29 is 61.5 Å². The molecule has 2 aromatic carbocycles. The first-order chi connectivity index (χ1) is 22.4. The van der Waals surface area contributed by atoms with Crippen LogP contribution in [-0.2, 0) is 49.3 Å². The van der Waals surface area contributed by atoms with E-state index in [1.165, 1.54) is 13.0 Å². The normalized spacial score (nSPS) is 21.5. The molecule has 3 heterocycles. The molecule has 1 aromatic heterocycles. The van der Waals surface area contributed by atoms with Gasteiger partial charge in [0.25, 0.3) is 0 Å². The third kappa shape index (κ3) is 7.17. The molecule has 3 aromatic rings. The van der Waals surface area contributed by atoms with Gasteiger partial charge in [-0.2, -0.15) is 0 Å². The van der Waals surface area contributed by atoms with Crippen molar-refractivity contribution in [2.45, 2.75) is 78.7 Å². The van der Waals surface area contributed by atoms with Crippen LogP contribution in [0, 0.1) is 6.92 Å². The summed E-state index contributed by atoms with van der Waals surface area (Å²) < 4.78 is 50.9. The maximum absolute atomic E-state index is 13.8. The second-order valence-corrected chi connectivity index (χ2v) is 10.9. The molecule has 47 heavy (non-hydrogen) atoms. The molecule has 2 aliphatic heterocycles. The van der Waals surface area contributed by atoms with Crippen molar-refractivity contribution in [3.8, 4) is 28.4 Å². The van der Waals surface area contributed by atoms with Crippen LogP contribution in [0.2, 0.25) is 0 Å². The Kier molecular flexibility index (Phi) is 9.70. The van der Waals surface area contributed by atoms with E-state index in [0.717, 1.165) is 20.8 Å². The van der Waals surface area contributed by atoms with E-state index < -0.39 is 61.2 Å². The minimum absolute atomic E-state index is 0.0896. The molecule has 0 aliphatic carbocycles. The predicted octanol–water partition coefficient (Wildman–Crippen LogP) is 3.52. The molecule has 0 amide bonds. The molecule has 2 aliphatic rings. The summed E-state index contributed by atoms with van der Waals surface area (Å²) in [4.78, 5) is 62.0. The van der Waals surface area contributed by atoms with Crippen LogP contribution in [0.25, 0.3) is 22.1 Å². The molecule has 0 unspecified atom stereocenters. The molecule has 0 radical (unpaired) electrons. The van der Waals surface area contributed by atoms with Gasteiger partial charge in [0.1, 0.15) is 29.8 Å². The highest BCUT2D eigenvalue weighted by atomic mass is 16.7. The number of ether oxygens (including phenoxy) is 8. The van der Waals surface area contributed by atoms with Crippen LogP contribution in [-0.4, -0.2) is 68.0 Å². The van der Waals surface area contributed by atoms with E-state index in [0.29, 0.717) is 40.4 Å². The molecule has 250 valence electrons. The molecule has 1 fully saturated rings. The van der Waals surface area contributed by atoms with Gasteiger partial charge in [0, 0.05) is 33.8 Å². The lowest BCUT2D eigenvalue weighted by Crippen LogP contribution is -2.63. The summed E-state index contributed by atoms with van der Waals surface area (Å²) >= 11 is 0. The summed E-state index contributed by atoms with van der Waals surface area (Å²) in [5.74, 6) is -1.30. The van der Waals surface area contributed by atoms with Crippen LogP contribution in [0.3, 0.4) is 0 Å². The monoisotopic (exact) mass is 654 g/mol. The molecule has 5 atom stereocenters. The third-order valence-corrected chi connectivity index (χ3v) is 7.48. The van der Waals surface area contributed by atoms with Crippen molar-refractivity contribution in [3.63, 3.8) is 0 Å². The van der Waals surface area contributed by atoms with Gasteiger partial charge in [-0.05, 0) is 42.7 Å². The van der Waals surface area contributed by atoms with Crippen molar-refractivity contribution in [3.05, 3.63) is 51.9 Å². The number of carbonyl (C=O) groups is 4. The fraction of sp³-hybridized carbons (Fsp3) is 0.424. The molecule has 14 heteroatoms. The SMILES string of the molecule is CCc1cc2c(=O)c(-c3ccc4c(c3)OCO4)c(C)oc2cc1O[C@@H]1O[C@H](COC(C)=O)[C@H](OC(C)=O)[C@@H](OC(C)=O)[C@H]1OC(C)=O. The lowest BCUT2D eigenvalue weighted by Gasteiger charge is -2.44. The predicted molar refractivity (Wildman–Crippen MR) is 161 cm³/mol. The van der Waals surface area contributed by atoms with Gasteiger partial charge in [-0.15, -0.1) is 0 Å². The van der Waals surface area contributed by atoms with Gasteiger partial charge >= 0.3 is 23.9 Å². The maximum Gasteiger partial charge on any atom is 0.303 e. The van der Waals surface area contributed by atoms with Crippen molar-refractivity contribution in [2.24, 2.45) is 0 Å². The quantitative estimate of drug-likeness (QED) is 0.242. The van der Waals surface area contributed by atoms with Gasteiger partial charge in [0.15, 0.2) is 23.7 Å². The van der Waals surface area contributed by atoms with E-state index in [2.05, 4.69) is 0 Å². The molecule has 0 bridgehead atoms. The van der Waals surface area contributed by atoms with Gasteiger partial charge in [-0.25, -0.2) is 0 Å². The van der Waals surface area contributed by atoms with Gasteiger partial charge in [0.2, 0.25) is 24.6 Å². The second kappa shape index (κ2) is 13.7. The van der Waals surface area contributed by atoms with E-state index in [4.69, 9.17) is 42.3 Å². The maximum atomic E-state index is 13.8. The molecule has 5 rings (SSSR count). The summed E-state index contributed by atoms with van der Waals surface area (Å²) in [6.07, 6.45) is -6.44. The summed E-state index contributed by atoms with van der Waals surface area (Å²) in [5, 5.41) is 0.286. The molecule has 14 nitrogen and oxygen atoms in total. The number of hydrogen-bond acceptors (Lipinski definition) is 14.